The van der Waals surface area contributed by atoms with Crippen LogP contribution in [0.2, 0.25) is 0 Å². The lowest BCUT2D eigenvalue weighted by molar-refractivity contribution is -0.121. The summed E-state index contributed by atoms with van der Waals surface area (Å²) in [4.78, 5) is 13.6. The minimum absolute atomic E-state index is 0.133. The molecule has 0 aromatic heterocycles. The number of para-hydroxylation sites is 1. The largest absolute Gasteiger partial charge is 0.487 e. The second kappa shape index (κ2) is 10.6. The molecular formula is C28H31BrN2O4S. The highest BCUT2D eigenvalue weighted by molar-refractivity contribution is 9.10. The van der Waals surface area contributed by atoms with Crippen LogP contribution in [0.1, 0.15) is 50.3 Å². The van der Waals surface area contributed by atoms with Crippen molar-refractivity contribution in [3.05, 3.63) is 88.4 Å². The second-order valence-electron chi connectivity index (χ2n) is 9.16. The molecule has 1 amide bonds. The van der Waals surface area contributed by atoms with Gasteiger partial charge in [-0.15, -0.1) is 0 Å². The Morgan fingerprint density at radius 1 is 1.06 bits per heavy atom. The first kappa shape index (κ1) is 26.2. The Kier molecular flexibility index (Phi) is 7.76. The molecule has 0 spiro atoms. The van der Waals surface area contributed by atoms with Crippen LogP contribution in [-0.4, -0.2) is 26.5 Å². The predicted molar refractivity (Wildman–Crippen MR) is 146 cm³/mol. The van der Waals surface area contributed by atoms with Crippen molar-refractivity contribution in [3.8, 4) is 5.75 Å². The van der Waals surface area contributed by atoms with E-state index in [1.165, 1.54) is 0 Å². The monoisotopic (exact) mass is 570 g/mol. The molecule has 0 bridgehead atoms. The number of nitrogens with one attached hydrogen (secondary N) is 1. The fourth-order valence-electron chi connectivity index (χ4n) is 4.58. The molecule has 0 saturated carbocycles. The van der Waals surface area contributed by atoms with Crippen LogP contribution in [0, 0.1) is 6.92 Å². The number of aryl methyl sites for hydroxylation is 1. The molecule has 1 aliphatic heterocycles. The number of anilines is 1. The van der Waals surface area contributed by atoms with Crippen molar-refractivity contribution < 1.29 is 17.9 Å². The fourth-order valence-corrected chi connectivity index (χ4v) is 6.38. The summed E-state index contributed by atoms with van der Waals surface area (Å²) in [5.74, 6) is 0.377. The first-order valence-electron chi connectivity index (χ1n) is 12.1. The van der Waals surface area contributed by atoms with Crippen molar-refractivity contribution in [3.63, 3.8) is 0 Å². The molecule has 0 radical (unpaired) electrons. The van der Waals surface area contributed by atoms with Crippen molar-refractivity contribution in [2.24, 2.45) is 0 Å². The number of ether oxygens (including phenoxy) is 1. The number of nitrogens with zero attached hydrogens (tertiary/aromatic N) is 1. The van der Waals surface area contributed by atoms with E-state index in [1.54, 1.807) is 42.5 Å². The zero-order valence-corrected chi connectivity index (χ0v) is 23.1. The Morgan fingerprint density at radius 2 is 1.75 bits per heavy atom. The summed E-state index contributed by atoms with van der Waals surface area (Å²) in [5, 5.41) is 3.11. The Balaban J connectivity index is 1.65. The van der Waals surface area contributed by atoms with E-state index >= 15 is 0 Å². The number of hydrogen-bond donors (Lipinski definition) is 1. The van der Waals surface area contributed by atoms with Crippen LogP contribution in [0.5, 0.6) is 5.75 Å². The average Bonchev–Trinajstić information content (AvgIpc) is 2.87. The molecule has 8 heteroatoms. The summed E-state index contributed by atoms with van der Waals surface area (Å²) >= 11 is 3.42. The molecule has 4 rings (SSSR count). The minimum atomic E-state index is -3.99. The van der Waals surface area contributed by atoms with Gasteiger partial charge in [-0.05, 0) is 56.2 Å². The maximum absolute atomic E-state index is 13.7. The Bertz CT molecular complexity index is 1340. The average molecular weight is 572 g/mol. The van der Waals surface area contributed by atoms with Gasteiger partial charge in [-0.3, -0.25) is 9.10 Å². The zero-order valence-electron chi connectivity index (χ0n) is 20.7. The van der Waals surface area contributed by atoms with Crippen LogP contribution in [0.3, 0.4) is 0 Å². The number of rotatable bonds is 8. The number of sulfonamides is 1. The van der Waals surface area contributed by atoms with Gasteiger partial charge >= 0.3 is 0 Å². The Labute approximate surface area is 221 Å². The third-order valence-electron chi connectivity index (χ3n) is 6.81. The van der Waals surface area contributed by atoms with E-state index in [2.05, 4.69) is 35.1 Å². The zero-order chi connectivity index (χ0) is 25.9. The maximum atomic E-state index is 13.7. The summed E-state index contributed by atoms with van der Waals surface area (Å²) in [6.45, 7) is 5.71. The topological polar surface area (TPSA) is 75.7 Å². The van der Waals surface area contributed by atoms with E-state index in [0.29, 0.717) is 12.1 Å². The summed E-state index contributed by atoms with van der Waals surface area (Å²) < 4.78 is 35.6. The number of carbonyl (C=O) groups excluding carboxylic acids is 1. The lowest BCUT2D eigenvalue weighted by Crippen LogP contribution is -2.47. The highest BCUT2D eigenvalue weighted by atomic mass is 79.9. The number of hydrogen-bond acceptors (Lipinski definition) is 4. The number of benzene rings is 3. The van der Waals surface area contributed by atoms with E-state index in [0.717, 1.165) is 38.5 Å². The van der Waals surface area contributed by atoms with Crippen LogP contribution in [0.15, 0.2) is 82.2 Å². The third kappa shape index (κ3) is 5.44. The van der Waals surface area contributed by atoms with Gasteiger partial charge in [0.1, 0.15) is 17.9 Å². The molecule has 0 unspecified atom stereocenters. The molecule has 0 saturated heterocycles. The molecule has 3 aromatic rings. The van der Waals surface area contributed by atoms with Crippen LogP contribution in [-0.2, 0) is 14.8 Å². The van der Waals surface area contributed by atoms with Crippen molar-refractivity contribution >= 4 is 37.5 Å². The van der Waals surface area contributed by atoms with Gasteiger partial charge in [0.25, 0.3) is 10.0 Å². The quantitative estimate of drug-likeness (QED) is 0.352. The van der Waals surface area contributed by atoms with Gasteiger partial charge in [-0.2, -0.15) is 0 Å². The van der Waals surface area contributed by atoms with Crippen molar-refractivity contribution in [2.45, 2.75) is 56.6 Å². The SMILES string of the molecule is CCC1(CC)C[C@@H](NC(=O)CN(c2cccc(Br)c2)S(=O)(=O)c2ccc(C)cc2)c2ccccc2O1. The standard InChI is InChI=1S/C28H31BrN2O4S/c1-4-28(5-2)18-25(24-11-6-7-12-26(24)35-28)30-27(32)19-31(22-10-8-9-21(29)17-22)36(33,34)23-15-13-20(3)14-16-23/h6-17,25H,4-5,18-19H2,1-3H3,(H,30,32)/t25-/m1/s1. The molecule has 36 heavy (non-hydrogen) atoms. The molecule has 0 aliphatic carbocycles. The van der Waals surface area contributed by atoms with Gasteiger partial charge in [-0.1, -0.05) is 71.7 Å². The van der Waals surface area contributed by atoms with Crippen LogP contribution in [0.25, 0.3) is 0 Å². The van der Waals surface area contributed by atoms with Gasteiger partial charge in [0.05, 0.1) is 16.6 Å². The Morgan fingerprint density at radius 3 is 2.42 bits per heavy atom. The molecular weight excluding hydrogens is 540 g/mol. The summed E-state index contributed by atoms with van der Waals surface area (Å²) in [6.07, 6.45) is 2.22. The summed E-state index contributed by atoms with van der Waals surface area (Å²) in [6, 6.07) is 21.0. The lowest BCUT2D eigenvalue weighted by Gasteiger charge is -2.41. The predicted octanol–water partition coefficient (Wildman–Crippen LogP) is 6.15. The number of halogens is 1. The fraction of sp³-hybridized carbons (Fsp3) is 0.321. The van der Waals surface area contributed by atoms with E-state index in [-0.39, 0.29) is 29.0 Å². The van der Waals surface area contributed by atoms with Crippen molar-refractivity contribution in [2.75, 3.05) is 10.8 Å². The second-order valence-corrected chi connectivity index (χ2v) is 11.9. The molecule has 3 aromatic carbocycles. The smallest absolute Gasteiger partial charge is 0.264 e. The number of amides is 1. The van der Waals surface area contributed by atoms with Gasteiger partial charge in [0, 0.05) is 16.5 Å². The highest BCUT2D eigenvalue weighted by Crippen LogP contribution is 2.42. The highest BCUT2D eigenvalue weighted by Gasteiger charge is 2.39. The summed E-state index contributed by atoms with van der Waals surface area (Å²) in [7, 11) is -3.99. The third-order valence-corrected chi connectivity index (χ3v) is 9.09. The Hall–Kier alpha value is -2.84. The minimum Gasteiger partial charge on any atom is -0.487 e. The first-order chi connectivity index (χ1) is 17.2. The van der Waals surface area contributed by atoms with Crippen LogP contribution < -0.4 is 14.4 Å². The van der Waals surface area contributed by atoms with Gasteiger partial charge < -0.3 is 10.1 Å². The number of fused-ring (bicyclic) bond motifs is 1. The molecule has 6 nitrogen and oxygen atoms in total. The van der Waals surface area contributed by atoms with Crippen LogP contribution in [0.4, 0.5) is 5.69 Å². The van der Waals surface area contributed by atoms with Crippen molar-refractivity contribution in [1.29, 1.82) is 0 Å². The van der Waals surface area contributed by atoms with E-state index in [1.807, 2.05) is 37.3 Å². The van der Waals surface area contributed by atoms with E-state index in [9.17, 15) is 13.2 Å². The van der Waals surface area contributed by atoms with Crippen LogP contribution >= 0.6 is 15.9 Å². The first-order valence-corrected chi connectivity index (χ1v) is 14.3. The molecule has 0 fully saturated rings. The summed E-state index contributed by atoms with van der Waals surface area (Å²) in [5.41, 5.74) is 1.88. The molecule has 1 aliphatic rings. The molecule has 1 N–H and O–H groups in total. The van der Waals surface area contributed by atoms with E-state index < -0.39 is 10.0 Å². The lowest BCUT2D eigenvalue weighted by atomic mass is 9.83. The van der Waals surface area contributed by atoms with E-state index in [4.69, 9.17) is 4.74 Å². The normalized spacial score (nSPS) is 16.5. The number of carbonyl (C=O) groups is 1. The van der Waals surface area contributed by atoms with Gasteiger partial charge in [0.2, 0.25) is 5.91 Å². The van der Waals surface area contributed by atoms with Crippen molar-refractivity contribution in [1.82, 2.24) is 5.32 Å². The van der Waals surface area contributed by atoms with Gasteiger partial charge in [0.15, 0.2) is 0 Å². The van der Waals surface area contributed by atoms with Gasteiger partial charge in [-0.25, -0.2) is 8.42 Å². The molecule has 1 atom stereocenters. The molecule has 190 valence electrons. The molecule has 1 heterocycles. The maximum Gasteiger partial charge on any atom is 0.264 e.